The lowest BCUT2D eigenvalue weighted by atomic mass is 10.1. The summed E-state index contributed by atoms with van der Waals surface area (Å²) in [4.78, 5) is 74.5. The number of carbonyl (C=O) groups excluding carboxylic acids is 4. The van der Waals surface area contributed by atoms with Gasteiger partial charge in [-0.2, -0.15) is 0 Å². The van der Waals surface area contributed by atoms with Crippen molar-refractivity contribution in [3.63, 3.8) is 0 Å². The summed E-state index contributed by atoms with van der Waals surface area (Å²) >= 11 is 0. The van der Waals surface area contributed by atoms with Gasteiger partial charge in [-0.3, -0.25) is 34.7 Å². The van der Waals surface area contributed by atoms with E-state index >= 15 is 0 Å². The van der Waals surface area contributed by atoms with Crippen molar-refractivity contribution in [2.45, 2.75) is 34.1 Å². The van der Waals surface area contributed by atoms with Gasteiger partial charge in [0.25, 0.3) is 29.3 Å². The van der Waals surface area contributed by atoms with Gasteiger partial charge in [-0.15, -0.1) is 0 Å². The van der Waals surface area contributed by atoms with E-state index in [-0.39, 0.29) is 47.3 Å². The molecule has 0 spiro atoms. The third-order valence-corrected chi connectivity index (χ3v) is 8.00. The van der Waals surface area contributed by atoms with Crippen molar-refractivity contribution in [2.24, 2.45) is 5.73 Å². The number of benzene rings is 1. The standard InChI is InChI=1S/C31H33N11O6/c1-13-18(10-35-24(13)28(43)34-9-8-22(32)33)39-29(44)25-14(2)19(11-36-25)40-30(45)26-15(3)20(12-37-26)41-31(46)27-16(4)23-17(38-27)6-5-7-21(23)42(47)48/h5-7,10-12,35-38H,8-9H2,1-4H3,(H3,32,33)(H,34,43)(H,39,44)(H,40,45)(H,41,46). The summed E-state index contributed by atoms with van der Waals surface area (Å²) in [6.07, 6.45) is 4.63. The second kappa shape index (κ2) is 13.0. The van der Waals surface area contributed by atoms with Gasteiger partial charge in [-0.1, -0.05) is 6.07 Å². The average molecular weight is 656 g/mol. The zero-order valence-corrected chi connectivity index (χ0v) is 26.4. The second-order valence-corrected chi connectivity index (χ2v) is 11.1. The van der Waals surface area contributed by atoms with Gasteiger partial charge in [0, 0.05) is 54.3 Å². The quantitative estimate of drug-likeness (QED) is 0.0430. The number of carbonyl (C=O) groups is 4. The van der Waals surface area contributed by atoms with Crippen LogP contribution in [-0.2, 0) is 0 Å². The summed E-state index contributed by atoms with van der Waals surface area (Å²) in [5.74, 6) is -2.02. The number of hydrogen-bond donors (Lipinski definition) is 10. The highest BCUT2D eigenvalue weighted by Crippen LogP contribution is 2.31. The van der Waals surface area contributed by atoms with E-state index < -0.39 is 28.6 Å². The topological polar surface area (TPSA) is 273 Å². The number of anilines is 3. The smallest absolute Gasteiger partial charge is 0.279 e. The minimum Gasteiger partial charge on any atom is -0.388 e. The summed E-state index contributed by atoms with van der Waals surface area (Å²) in [6, 6.07) is 4.55. The van der Waals surface area contributed by atoms with Crippen molar-refractivity contribution in [3.8, 4) is 0 Å². The molecule has 248 valence electrons. The van der Waals surface area contributed by atoms with Crippen molar-refractivity contribution in [3.05, 3.63) is 91.9 Å². The zero-order valence-electron chi connectivity index (χ0n) is 26.4. The molecule has 0 bridgehead atoms. The fraction of sp³-hybridized carbons (Fsp3) is 0.194. The molecule has 11 N–H and O–H groups in total. The molecule has 0 unspecified atom stereocenters. The molecule has 0 fully saturated rings. The molecule has 5 rings (SSSR count). The van der Waals surface area contributed by atoms with Gasteiger partial charge < -0.3 is 46.9 Å². The Morgan fingerprint density at radius 1 is 0.750 bits per heavy atom. The summed E-state index contributed by atoms with van der Waals surface area (Å²) in [6.45, 7) is 6.78. The van der Waals surface area contributed by atoms with Crippen LogP contribution in [0.25, 0.3) is 10.9 Å². The molecule has 17 heteroatoms. The molecule has 0 saturated heterocycles. The molecule has 4 heterocycles. The Morgan fingerprint density at radius 2 is 1.21 bits per heavy atom. The van der Waals surface area contributed by atoms with Crippen LogP contribution >= 0.6 is 0 Å². The molecular formula is C31H33N11O6. The van der Waals surface area contributed by atoms with Crippen molar-refractivity contribution >= 4 is 63.1 Å². The zero-order chi connectivity index (χ0) is 34.9. The van der Waals surface area contributed by atoms with Crippen molar-refractivity contribution in [1.82, 2.24) is 25.3 Å². The van der Waals surface area contributed by atoms with Gasteiger partial charge in [-0.25, -0.2) is 0 Å². The maximum atomic E-state index is 13.2. The van der Waals surface area contributed by atoms with Gasteiger partial charge in [0.2, 0.25) is 0 Å². The molecule has 17 nitrogen and oxygen atoms in total. The first kappa shape index (κ1) is 32.7. The third kappa shape index (κ3) is 6.23. The van der Waals surface area contributed by atoms with Crippen LogP contribution in [0.4, 0.5) is 22.7 Å². The van der Waals surface area contributed by atoms with Crippen molar-refractivity contribution in [2.75, 3.05) is 22.5 Å². The van der Waals surface area contributed by atoms with E-state index in [0.29, 0.717) is 50.2 Å². The van der Waals surface area contributed by atoms with Crippen LogP contribution in [0.15, 0.2) is 36.8 Å². The number of amides is 4. The molecule has 0 radical (unpaired) electrons. The van der Waals surface area contributed by atoms with Crippen LogP contribution in [0.3, 0.4) is 0 Å². The second-order valence-electron chi connectivity index (χ2n) is 11.1. The fourth-order valence-electron chi connectivity index (χ4n) is 5.31. The molecular weight excluding hydrogens is 622 g/mol. The van der Waals surface area contributed by atoms with Crippen molar-refractivity contribution < 1.29 is 24.1 Å². The van der Waals surface area contributed by atoms with Gasteiger partial charge >= 0.3 is 0 Å². The Bertz CT molecular complexity index is 2130. The molecule has 0 aliphatic heterocycles. The minimum absolute atomic E-state index is 0.0463. The number of nitrogens with two attached hydrogens (primary N) is 1. The lowest BCUT2D eigenvalue weighted by Gasteiger charge is -2.08. The Morgan fingerprint density at radius 3 is 1.67 bits per heavy atom. The first-order valence-electron chi connectivity index (χ1n) is 14.6. The largest absolute Gasteiger partial charge is 0.388 e. The van der Waals surface area contributed by atoms with Crippen molar-refractivity contribution in [1.29, 1.82) is 5.41 Å². The SMILES string of the molecule is Cc1c(NC(=O)c2[nH]cc(NC(=O)c3[nH]cc(NC(=O)c4[nH]c5cccc([N+](=O)[O-])c5c4C)c3C)c2C)c[nH]c1C(=O)NCCC(=N)N. The van der Waals surface area contributed by atoms with E-state index in [1.54, 1.807) is 33.8 Å². The van der Waals surface area contributed by atoms with Gasteiger partial charge in [0.05, 0.1) is 38.7 Å². The van der Waals surface area contributed by atoms with Gasteiger partial charge in [0.15, 0.2) is 0 Å². The highest BCUT2D eigenvalue weighted by Gasteiger charge is 2.24. The molecule has 0 aliphatic rings. The molecule has 4 amide bonds. The molecule has 0 saturated carbocycles. The van der Waals surface area contributed by atoms with E-state index in [0.717, 1.165) is 0 Å². The summed E-state index contributed by atoms with van der Waals surface area (Å²) in [5.41, 5.74) is 9.28. The Hall–Kier alpha value is -6.65. The monoisotopic (exact) mass is 655 g/mol. The minimum atomic E-state index is -0.539. The Kier molecular flexibility index (Phi) is 8.86. The number of amidine groups is 1. The summed E-state index contributed by atoms with van der Waals surface area (Å²) < 4.78 is 0. The summed E-state index contributed by atoms with van der Waals surface area (Å²) in [5, 5.41) is 30.0. The Labute approximate surface area is 272 Å². The van der Waals surface area contributed by atoms with Crippen LogP contribution in [0.5, 0.6) is 0 Å². The van der Waals surface area contributed by atoms with E-state index in [2.05, 4.69) is 41.2 Å². The predicted molar refractivity (Wildman–Crippen MR) is 179 cm³/mol. The molecule has 1 aromatic carbocycles. The van der Waals surface area contributed by atoms with Gasteiger partial charge in [0.1, 0.15) is 22.8 Å². The number of nitro benzene ring substituents is 1. The number of aromatic amines is 4. The number of aryl methyl sites for hydroxylation is 1. The number of nitrogens with zero attached hydrogens (tertiary/aromatic N) is 1. The number of rotatable bonds is 11. The lowest BCUT2D eigenvalue weighted by Crippen LogP contribution is -2.28. The number of fused-ring (bicyclic) bond motifs is 1. The maximum Gasteiger partial charge on any atom is 0.279 e. The van der Waals surface area contributed by atoms with Crippen LogP contribution in [0.2, 0.25) is 0 Å². The van der Waals surface area contributed by atoms with Crippen LogP contribution in [0, 0.1) is 43.2 Å². The molecule has 4 aromatic heterocycles. The normalized spacial score (nSPS) is 10.9. The number of nitrogens with one attached hydrogen (secondary N) is 9. The number of H-pyrrole nitrogens is 4. The van der Waals surface area contributed by atoms with Crippen LogP contribution in [-0.4, -0.2) is 60.9 Å². The number of non-ortho nitro benzene ring substituents is 1. The highest BCUT2D eigenvalue weighted by molar-refractivity contribution is 6.12. The Balaban J connectivity index is 1.25. The number of nitro groups is 1. The van der Waals surface area contributed by atoms with E-state index in [1.165, 1.54) is 30.7 Å². The first-order chi connectivity index (χ1) is 22.8. The highest BCUT2D eigenvalue weighted by atomic mass is 16.6. The summed E-state index contributed by atoms with van der Waals surface area (Å²) in [7, 11) is 0. The maximum absolute atomic E-state index is 13.2. The van der Waals surface area contributed by atoms with Crippen LogP contribution < -0.4 is 27.0 Å². The third-order valence-electron chi connectivity index (χ3n) is 8.00. The van der Waals surface area contributed by atoms with E-state index in [4.69, 9.17) is 11.1 Å². The van der Waals surface area contributed by atoms with Gasteiger partial charge in [-0.05, 0) is 39.3 Å². The molecule has 0 aliphatic carbocycles. The average Bonchev–Trinajstić information content (AvgIpc) is 3.78. The lowest BCUT2D eigenvalue weighted by molar-refractivity contribution is -0.383. The van der Waals surface area contributed by atoms with E-state index in [9.17, 15) is 29.3 Å². The van der Waals surface area contributed by atoms with Crippen LogP contribution in [0.1, 0.15) is 70.6 Å². The fourth-order valence-corrected chi connectivity index (χ4v) is 5.31. The number of aromatic nitrogens is 4. The predicted octanol–water partition coefficient (Wildman–Crippen LogP) is 4.11. The molecule has 5 aromatic rings. The molecule has 48 heavy (non-hydrogen) atoms. The first-order valence-corrected chi connectivity index (χ1v) is 14.6. The van der Waals surface area contributed by atoms with E-state index in [1.807, 2.05) is 0 Å². The molecule has 0 atom stereocenters. The number of hydrogen-bond acceptors (Lipinski definition) is 7.